The van der Waals surface area contributed by atoms with Crippen LogP contribution in [0.25, 0.3) is 0 Å². The van der Waals surface area contributed by atoms with E-state index in [9.17, 15) is 4.79 Å². The maximum Gasteiger partial charge on any atom is 0.221 e. The van der Waals surface area contributed by atoms with Gasteiger partial charge in [-0.3, -0.25) is 4.79 Å². The Labute approximate surface area is 103 Å². The number of nitrogens with two attached hydrogens (primary N) is 1. The molecule has 0 spiro atoms. The molecule has 94 valence electrons. The van der Waals surface area contributed by atoms with Gasteiger partial charge in [0.15, 0.2) is 0 Å². The second-order valence-electron chi connectivity index (χ2n) is 5.35. The molecular weight excluding hydrogens is 212 g/mol. The Morgan fingerprint density at radius 2 is 1.88 bits per heavy atom. The third kappa shape index (κ3) is 5.00. The summed E-state index contributed by atoms with van der Waals surface area (Å²) in [6, 6.07) is 9.94. The van der Waals surface area contributed by atoms with E-state index in [0.29, 0.717) is 13.0 Å². The molecule has 0 fully saturated rings. The molecule has 3 heteroatoms. The van der Waals surface area contributed by atoms with Crippen molar-refractivity contribution in [1.82, 2.24) is 5.32 Å². The molecule has 0 radical (unpaired) electrons. The van der Waals surface area contributed by atoms with Gasteiger partial charge in [0.2, 0.25) is 5.91 Å². The Morgan fingerprint density at radius 1 is 1.29 bits per heavy atom. The first-order valence-electron chi connectivity index (χ1n) is 5.98. The van der Waals surface area contributed by atoms with Crippen LogP contribution in [0.5, 0.6) is 0 Å². The fourth-order valence-corrected chi connectivity index (χ4v) is 1.76. The lowest BCUT2D eigenvalue weighted by molar-refractivity contribution is -0.122. The van der Waals surface area contributed by atoms with E-state index < -0.39 is 0 Å². The molecule has 3 nitrogen and oxygen atoms in total. The van der Waals surface area contributed by atoms with Gasteiger partial charge in [0.05, 0.1) is 0 Å². The minimum atomic E-state index is -0.188. The molecule has 1 atom stereocenters. The summed E-state index contributed by atoms with van der Waals surface area (Å²) in [6.45, 7) is 6.42. The number of benzene rings is 1. The predicted molar refractivity (Wildman–Crippen MR) is 70.8 cm³/mol. The molecule has 1 unspecified atom stereocenters. The minimum absolute atomic E-state index is 0.0526. The largest absolute Gasteiger partial charge is 0.351 e. The third-order valence-corrected chi connectivity index (χ3v) is 2.50. The molecule has 1 aromatic rings. The molecule has 0 saturated carbocycles. The SMILES string of the molecule is CC(C)(C)NC(=O)CC(CN)c1ccccc1. The number of carbonyl (C=O) groups is 1. The summed E-state index contributed by atoms with van der Waals surface area (Å²) < 4.78 is 0. The fourth-order valence-electron chi connectivity index (χ4n) is 1.76. The molecule has 17 heavy (non-hydrogen) atoms. The van der Waals surface area contributed by atoms with Crippen molar-refractivity contribution in [3.63, 3.8) is 0 Å². The van der Waals surface area contributed by atoms with E-state index in [1.165, 1.54) is 0 Å². The van der Waals surface area contributed by atoms with Crippen LogP contribution in [0.3, 0.4) is 0 Å². The standard InChI is InChI=1S/C14H22N2O/c1-14(2,3)16-13(17)9-12(10-15)11-7-5-4-6-8-11/h4-8,12H,9-10,15H2,1-3H3,(H,16,17). The highest BCUT2D eigenvalue weighted by Crippen LogP contribution is 2.18. The Morgan fingerprint density at radius 3 is 2.35 bits per heavy atom. The molecule has 1 amide bonds. The van der Waals surface area contributed by atoms with Crippen molar-refractivity contribution in [2.75, 3.05) is 6.54 Å². The molecule has 1 aromatic carbocycles. The van der Waals surface area contributed by atoms with Crippen LogP contribution in [0.2, 0.25) is 0 Å². The van der Waals surface area contributed by atoms with E-state index in [2.05, 4.69) is 5.32 Å². The normalized spacial score (nSPS) is 13.2. The van der Waals surface area contributed by atoms with Gasteiger partial charge in [-0.25, -0.2) is 0 Å². The van der Waals surface area contributed by atoms with E-state index in [1.807, 2.05) is 51.1 Å². The van der Waals surface area contributed by atoms with E-state index >= 15 is 0 Å². The lowest BCUT2D eigenvalue weighted by atomic mass is 9.95. The van der Waals surface area contributed by atoms with Gasteiger partial charge in [-0.1, -0.05) is 30.3 Å². The first-order valence-corrected chi connectivity index (χ1v) is 5.98. The number of amides is 1. The van der Waals surface area contributed by atoms with Gasteiger partial charge in [-0.2, -0.15) is 0 Å². The molecule has 0 saturated heterocycles. The Hall–Kier alpha value is -1.35. The van der Waals surface area contributed by atoms with E-state index in [-0.39, 0.29) is 17.4 Å². The summed E-state index contributed by atoms with van der Waals surface area (Å²) in [7, 11) is 0. The van der Waals surface area contributed by atoms with Gasteiger partial charge in [-0.05, 0) is 32.9 Å². The van der Waals surface area contributed by atoms with Crippen LogP contribution in [-0.2, 0) is 4.79 Å². The van der Waals surface area contributed by atoms with Gasteiger partial charge in [-0.15, -0.1) is 0 Å². The first-order chi connectivity index (χ1) is 7.92. The summed E-state index contributed by atoms with van der Waals surface area (Å²) >= 11 is 0. The van der Waals surface area contributed by atoms with Crippen LogP contribution < -0.4 is 11.1 Å². The summed E-state index contributed by atoms with van der Waals surface area (Å²) in [6.07, 6.45) is 0.442. The van der Waals surface area contributed by atoms with Gasteiger partial charge < -0.3 is 11.1 Å². The van der Waals surface area contributed by atoms with E-state index in [1.54, 1.807) is 0 Å². The average Bonchev–Trinajstić information content (AvgIpc) is 2.24. The van der Waals surface area contributed by atoms with Crippen LogP contribution >= 0.6 is 0 Å². The number of rotatable bonds is 4. The highest BCUT2D eigenvalue weighted by molar-refractivity contribution is 5.77. The van der Waals surface area contributed by atoms with Gasteiger partial charge in [0.1, 0.15) is 0 Å². The molecule has 0 bridgehead atoms. The van der Waals surface area contributed by atoms with Crippen molar-refractivity contribution in [1.29, 1.82) is 0 Å². The van der Waals surface area contributed by atoms with Crippen LogP contribution in [0.15, 0.2) is 30.3 Å². The Kier molecular flexibility index (Phi) is 4.70. The summed E-state index contributed by atoms with van der Waals surface area (Å²) in [5.74, 6) is 0.148. The van der Waals surface area contributed by atoms with E-state index in [0.717, 1.165) is 5.56 Å². The zero-order valence-electron chi connectivity index (χ0n) is 10.9. The molecule has 0 heterocycles. The molecule has 0 aromatic heterocycles. The van der Waals surface area contributed by atoms with Crippen molar-refractivity contribution in [2.45, 2.75) is 38.6 Å². The monoisotopic (exact) mass is 234 g/mol. The highest BCUT2D eigenvalue weighted by Gasteiger charge is 2.18. The second-order valence-corrected chi connectivity index (χ2v) is 5.35. The maximum absolute atomic E-state index is 11.8. The molecule has 0 aliphatic rings. The molecule has 3 N–H and O–H groups in total. The first kappa shape index (κ1) is 13.7. The number of hydrogen-bond acceptors (Lipinski definition) is 2. The zero-order valence-corrected chi connectivity index (χ0v) is 10.9. The lowest BCUT2D eigenvalue weighted by Crippen LogP contribution is -2.41. The highest BCUT2D eigenvalue weighted by atomic mass is 16.1. The molecule has 0 aliphatic heterocycles. The fraction of sp³-hybridized carbons (Fsp3) is 0.500. The van der Waals surface area contributed by atoms with Gasteiger partial charge >= 0.3 is 0 Å². The minimum Gasteiger partial charge on any atom is -0.351 e. The van der Waals surface area contributed by atoms with Crippen molar-refractivity contribution >= 4 is 5.91 Å². The summed E-state index contributed by atoms with van der Waals surface area (Å²) in [4.78, 5) is 11.8. The number of hydrogen-bond donors (Lipinski definition) is 2. The van der Waals surface area contributed by atoms with E-state index in [4.69, 9.17) is 5.73 Å². The average molecular weight is 234 g/mol. The maximum atomic E-state index is 11.8. The molecular formula is C14H22N2O. The van der Waals surface area contributed by atoms with Gasteiger partial charge in [0, 0.05) is 17.9 Å². The lowest BCUT2D eigenvalue weighted by Gasteiger charge is -2.22. The third-order valence-electron chi connectivity index (χ3n) is 2.50. The smallest absolute Gasteiger partial charge is 0.221 e. The van der Waals surface area contributed by atoms with Crippen molar-refractivity contribution in [2.24, 2.45) is 5.73 Å². The predicted octanol–water partition coefficient (Wildman–Crippen LogP) is 2.03. The Bertz CT molecular complexity index is 354. The summed E-state index contributed by atoms with van der Waals surface area (Å²) in [5.41, 5.74) is 6.67. The van der Waals surface area contributed by atoms with Crippen LogP contribution in [0, 0.1) is 0 Å². The second kappa shape index (κ2) is 5.82. The topological polar surface area (TPSA) is 55.1 Å². The van der Waals surface area contributed by atoms with Crippen LogP contribution in [0.1, 0.15) is 38.7 Å². The molecule has 0 aliphatic carbocycles. The quantitative estimate of drug-likeness (QED) is 0.837. The van der Waals surface area contributed by atoms with Crippen LogP contribution in [-0.4, -0.2) is 18.0 Å². The number of carbonyl (C=O) groups excluding carboxylic acids is 1. The van der Waals surface area contributed by atoms with Crippen molar-refractivity contribution in [3.8, 4) is 0 Å². The number of nitrogens with one attached hydrogen (secondary N) is 1. The van der Waals surface area contributed by atoms with Crippen molar-refractivity contribution < 1.29 is 4.79 Å². The zero-order chi connectivity index (χ0) is 12.9. The summed E-state index contributed by atoms with van der Waals surface area (Å²) in [5, 5.41) is 2.96. The van der Waals surface area contributed by atoms with Crippen molar-refractivity contribution in [3.05, 3.63) is 35.9 Å². The molecule has 1 rings (SSSR count). The Balaban J connectivity index is 2.62. The van der Waals surface area contributed by atoms with Gasteiger partial charge in [0.25, 0.3) is 0 Å². The van der Waals surface area contributed by atoms with Crippen LogP contribution in [0.4, 0.5) is 0 Å².